The molecule has 2 aromatic rings. The average molecular weight is 377 g/mol. The van der Waals surface area contributed by atoms with E-state index in [2.05, 4.69) is 20.8 Å². The molecule has 0 aliphatic heterocycles. The zero-order chi connectivity index (χ0) is 20.1. The Bertz CT molecular complexity index is 853. The predicted octanol–water partition coefficient (Wildman–Crippen LogP) is 1.25. The molecule has 0 aliphatic carbocycles. The fourth-order valence-corrected chi connectivity index (χ4v) is 2.41. The zero-order valence-electron chi connectivity index (χ0n) is 15.7. The zero-order valence-corrected chi connectivity index (χ0v) is 15.7. The molecular weight excluding hydrogens is 354 g/mol. The standard InChI is InChI=1S/C16H23N7O4/c1-10(2)7-17-16(25)15-12(8-18-21(15)4)19-14(24)5-6-22-9-13(23(26)27)11(3)20-22/h8-10H,5-7H2,1-4H3,(H,17,25)(H,19,24). The highest BCUT2D eigenvalue weighted by molar-refractivity contribution is 6.02. The average Bonchev–Trinajstić information content (AvgIpc) is 3.13. The number of amides is 2. The van der Waals surface area contributed by atoms with Crippen molar-refractivity contribution < 1.29 is 14.5 Å². The van der Waals surface area contributed by atoms with Crippen LogP contribution in [-0.4, -0.2) is 42.8 Å². The number of aromatic nitrogens is 4. The van der Waals surface area contributed by atoms with Crippen molar-refractivity contribution in [2.24, 2.45) is 13.0 Å². The van der Waals surface area contributed by atoms with Crippen molar-refractivity contribution in [1.29, 1.82) is 0 Å². The summed E-state index contributed by atoms with van der Waals surface area (Å²) in [6.07, 6.45) is 2.74. The van der Waals surface area contributed by atoms with Crippen molar-refractivity contribution in [1.82, 2.24) is 24.9 Å². The highest BCUT2D eigenvalue weighted by Gasteiger charge is 2.19. The Hall–Kier alpha value is -3.24. The van der Waals surface area contributed by atoms with Crippen LogP contribution in [0.3, 0.4) is 0 Å². The molecule has 11 heteroatoms. The molecule has 2 rings (SSSR count). The lowest BCUT2D eigenvalue weighted by molar-refractivity contribution is -0.385. The summed E-state index contributed by atoms with van der Waals surface area (Å²) >= 11 is 0. The molecule has 2 heterocycles. The second-order valence-electron chi connectivity index (χ2n) is 6.55. The molecular formula is C16H23N7O4. The molecule has 0 aliphatic rings. The Balaban J connectivity index is 1.99. The molecule has 146 valence electrons. The fraction of sp³-hybridized carbons (Fsp3) is 0.500. The van der Waals surface area contributed by atoms with Crippen LogP contribution in [0.2, 0.25) is 0 Å². The van der Waals surface area contributed by atoms with Gasteiger partial charge < -0.3 is 10.6 Å². The van der Waals surface area contributed by atoms with E-state index in [0.717, 1.165) is 0 Å². The third kappa shape index (κ3) is 5.12. The summed E-state index contributed by atoms with van der Waals surface area (Å²) in [5, 5.41) is 24.3. The van der Waals surface area contributed by atoms with Crippen LogP contribution >= 0.6 is 0 Å². The number of aryl methyl sites for hydroxylation is 3. The number of rotatable bonds is 8. The minimum absolute atomic E-state index is 0.0419. The van der Waals surface area contributed by atoms with Crippen molar-refractivity contribution >= 4 is 23.2 Å². The molecule has 27 heavy (non-hydrogen) atoms. The van der Waals surface area contributed by atoms with Crippen LogP contribution in [0, 0.1) is 23.0 Å². The van der Waals surface area contributed by atoms with E-state index in [1.54, 1.807) is 7.05 Å². The lowest BCUT2D eigenvalue weighted by Gasteiger charge is -2.10. The van der Waals surface area contributed by atoms with Gasteiger partial charge in [-0.2, -0.15) is 10.2 Å². The molecule has 0 atom stereocenters. The Morgan fingerprint density at radius 3 is 2.67 bits per heavy atom. The third-order valence-electron chi connectivity index (χ3n) is 3.78. The number of hydrogen-bond acceptors (Lipinski definition) is 6. The van der Waals surface area contributed by atoms with Gasteiger partial charge in [-0.1, -0.05) is 13.8 Å². The molecule has 0 unspecified atom stereocenters. The van der Waals surface area contributed by atoms with E-state index in [4.69, 9.17) is 0 Å². The first-order valence-corrected chi connectivity index (χ1v) is 8.47. The second-order valence-corrected chi connectivity index (χ2v) is 6.55. The van der Waals surface area contributed by atoms with E-state index < -0.39 is 4.92 Å². The maximum atomic E-state index is 12.3. The minimum atomic E-state index is -0.517. The van der Waals surface area contributed by atoms with Crippen LogP contribution in [0.15, 0.2) is 12.4 Å². The maximum Gasteiger partial charge on any atom is 0.309 e. The number of nitro groups is 1. The van der Waals surface area contributed by atoms with Gasteiger partial charge in [0.25, 0.3) is 5.91 Å². The van der Waals surface area contributed by atoms with Gasteiger partial charge in [-0.25, -0.2) is 0 Å². The van der Waals surface area contributed by atoms with Gasteiger partial charge >= 0.3 is 5.69 Å². The van der Waals surface area contributed by atoms with Gasteiger partial charge in [0.15, 0.2) is 0 Å². The number of hydrogen-bond donors (Lipinski definition) is 2. The molecule has 2 aromatic heterocycles. The van der Waals surface area contributed by atoms with E-state index in [1.807, 2.05) is 13.8 Å². The van der Waals surface area contributed by atoms with Gasteiger partial charge in [0.05, 0.1) is 16.8 Å². The van der Waals surface area contributed by atoms with Crippen molar-refractivity contribution in [2.75, 3.05) is 11.9 Å². The van der Waals surface area contributed by atoms with Crippen molar-refractivity contribution in [2.45, 2.75) is 33.7 Å². The van der Waals surface area contributed by atoms with E-state index in [-0.39, 0.29) is 41.9 Å². The molecule has 0 bridgehead atoms. The predicted molar refractivity (Wildman–Crippen MR) is 97.2 cm³/mol. The van der Waals surface area contributed by atoms with Gasteiger partial charge in [0.2, 0.25) is 5.91 Å². The highest BCUT2D eigenvalue weighted by Crippen LogP contribution is 2.16. The van der Waals surface area contributed by atoms with E-state index in [9.17, 15) is 19.7 Å². The van der Waals surface area contributed by atoms with E-state index >= 15 is 0 Å². The first kappa shape index (κ1) is 20.1. The first-order chi connectivity index (χ1) is 12.7. The van der Waals surface area contributed by atoms with E-state index in [0.29, 0.717) is 18.2 Å². The van der Waals surface area contributed by atoms with Gasteiger partial charge in [-0.15, -0.1) is 0 Å². The molecule has 2 N–H and O–H groups in total. The molecule has 0 saturated carbocycles. The number of anilines is 1. The molecule has 0 radical (unpaired) electrons. The van der Waals surface area contributed by atoms with Crippen molar-refractivity contribution in [3.05, 3.63) is 33.9 Å². The Morgan fingerprint density at radius 1 is 1.37 bits per heavy atom. The lowest BCUT2D eigenvalue weighted by Crippen LogP contribution is -2.30. The van der Waals surface area contributed by atoms with Crippen LogP contribution < -0.4 is 10.6 Å². The number of carbonyl (C=O) groups excluding carboxylic acids is 2. The second kappa shape index (κ2) is 8.43. The Labute approximate surface area is 155 Å². The quantitative estimate of drug-likeness (QED) is 0.524. The third-order valence-corrected chi connectivity index (χ3v) is 3.78. The van der Waals surface area contributed by atoms with Gasteiger partial charge in [0, 0.05) is 26.6 Å². The monoisotopic (exact) mass is 377 g/mol. The number of nitrogens with zero attached hydrogens (tertiary/aromatic N) is 5. The van der Waals surface area contributed by atoms with Crippen LogP contribution in [0.25, 0.3) is 0 Å². The van der Waals surface area contributed by atoms with Crippen LogP contribution in [0.4, 0.5) is 11.4 Å². The number of nitrogens with one attached hydrogen (secondary N) is 2. The Kier molecular flexibility index (Phi) is 6.27. The van der Waals surface area contributed by atoms with E-state index in [1.165, 1.54) is 28.7 Å². The normalized spacial score (nSPS) is 10.9. The van der Waals surface area contributed by atoms with Crippen LogP contribution in [0.5, 0.6) is 0 Å². The van der Waals surface area contributed by atoms with Gasteiger partial charge in [0.1, 0.15) is 17.6 Å². The van der Waals surface area contributed by atoms with Crippen molar-refractivity contribution in [3.8, 4) is 0 Å². The molecule has 0 spiro atoms. The first-order valence-electron chi connectivity index (χ1n) is 8.47. The Morgan fingerprint density at radius 2 is 2.07 bits per heavy atom. The summed E-state index contributed by atoms with van der Waals surface area (Å²) in [5.74, 6) is -0.379. The van der Waals surface area contributed by atoms with Gasteiger partial charge in [-0.3, -0.25) is 29.1 Å². The van der Waals surface area contributed by atoms with Crippen LogP contribution in [-0.2, 0) is 18.4 Å². The van der Waals surface area contributed by atoms with Crippen LogP contribution in [0.1, 0.15) is 36.5 Å². The summed E-state index contributed by atoms with van der Waals surface area (Å²) in [4.78, 5) is 34.8. The highest BCUT2D eigenvalue weighted by atomic mass is 16.6. The SMILES string of the molecule is Cc1nn(CCC(=O)Nc2cnn(C)c2C(=O)NCC(C)C)cc1[N+](=O)[O-]. The topological polar surface area (TPSA) is 137 Å². The smallest absolute Gasteiger partial charge is 0.309 e. The summed E-state index contributed by atoms with van der Waals surface area (Å²) in [6, 6.07) is 0. The maximum absolute atomic E-state index is 12.3. The molecule has 0 aromatic carbocycles. The summed E-state index contributed by atoms with van der Waals surface area (Å²) in [6.45, 7) is 6.18. The lowest BCUT2D eigenvalue weighted by atomic mass is 10.2. The van der Waals surface area contributed by atoms with Gasteiger partial charge in [-0.05, 0) is 12.8 Å². The summed E-state index contributed by atoms with van der Waals surface area (Å²) < 4.78 is 2.75. The summed E-state index contributed by atoms with van der Waals surface area (Å²) in [5.41, 5.74) is 0.768. The molecule has 11 nitrogen and oxygen atoms in total. The molecule has 0 saturated heterocycles. The molecule has 0 fully saturated rings. The number of carbonyl (C=O) groups is 2. The fourth-order valence-electron chi connectivity index (χ4n) is 2.41. The largest absolute Gasteiger partial charge is 0.350 e. The van der Waals surface area contributed by atoms with Crippen molar-refractivity contribution in [3.63, 3.8) is 0 Å². The summed E-state index contributed by atoms with van der Waals surface area (Å²) in [7, 11) is 1.62. The molecule has 2 amide bonds. The minimum Gasteiger partial charge on any atom is -0.350 e.